The molecule has 8 heteroatoms. The van der Waals surface area contributed by atoms with Gasteiger partial charge in [-0.15, -0.1) is 5.10 Å². The lowest BCUT2D eigenvalue weighted by molar-refractivity contribution is -0.385. The van der Waals surface area contributed by atoms with Crippen LogP contribution in [-0.4, -0.2) is 25.1 Å². The van der Waals surface area contributed by atoms with E-state index in [-0.39, 0.29) is 10.6 Å². The summed E-state index contributed by atoms with van der Waals surface area (Å²) < 4.78 is 1.64. The average Bonchev–Trinajstić information content (AvgIpc) is 3.08. The topological polar surface area (TPSA) is 86.7 Å². The molecule has 0 radical (unpaired) electrons. The number of nitro groups is 1. The summed E-state index contributed by atoms with van der Waals surface area (Å²) in [4.78, 5) is 10.7. The molecule has 0 N–H and O–H groups in total. The summed E-state index contributed by atoms with van der Waals surface area (Å²) in [6.07, 6.45) is 0. The van der Waals surface area contributed by atoms with E-state index in [4.69, 9.17) is 0 Å². The Hall–Kier alpha value is -2.74. The van der Waals surface area contributed by atoms with Crippen molar-refractivity contribution in [1.29, 1.82) is 0 Å². The number of nitro benzene ring substituents is 1. The van der Waals surface area contributed by atoms with Gasteiger partial charge in [0.2, 0.25) is 5.16 Å². The number of hydrogen-bond donors (Lipinski definition) is 0. The Kier molecular flexibility index (Phi) is 5.08. The van der Waals surface area contributed by atoms with E-state index in [2.05, 4.69) is 41.5 Å². The summed E-state index contributed by atoms with van der Waals surface area (Å²) in [5.41, 5.74) is 2.85. The van der Waals surface area contributed by atoms with Crippen LogP contribution in [0.3, 0.4) is 0 Å². The second-order valence-electron chi connectivity index (χ2n) is 5.79. The first kappa shape index (κ1) is 17.1. The normalized spacial score (nSPS) is 11.0. The third-order valence-electron chi connectivity index (χ3n) is 3.79. The standard InChI is InChI=1S/C17H17N5O2S/c1-12(2)13-7-9-15(10-8-13)21-17(18-19-20-21)25-11-14-5-3-4-6-16(14)22(23)24/h3-10,12H,11H2,1-2H3. The number of rotatable bonds is 6. The van der Waals surface area contributed by atoms with Crippen LogP contribution in [0.25, 0.3) is 5.69 Å². The molecule has 0 bridgehead atoms. The Morgan fingerprint density at radius 3 is 2.56 bits per heavy atom. The van der Waals surface area contributed by atoms with Crippen molar-refractivity contribution in [2.45, 2.75) is 30.7 Å². The first-order valence-corrected chi connectivity index (χ1v) is 8.78. The third kappa shape index (κ3) is 3.85. The molecule has 0 aliphatic carbocycles. The molecule has 25 heavy (non-hydrogen) atoms. The number of thioether (sulfide) groups is 1. The smallest absolute Gasteiger partial charge is 0.258 e. The van der Waals surface area contributed by atoms with Crippen LogP contribution < -0.4 is 0 Å². The molecule has 3 aromatic rings. The van der Waals surface area contributed by atoms with Gasteiger partial charge in [0.1, 0.15) is 0 Å². The highest BCUT2D eigenvalue weighted by molar-refractivity contribution is 7.98. The third-order valence-corrected chi connectivity index (χ3v) is 4.76. The Balaban J connectivity index is 1.80. The zero-order chi connectivity index (χ0) is 17.8. The maximum Gasteiger partial charge on any atom is 0.273 e. The van der Waals surface area contributed by atoms with Crippen molar-refractivity contribution in [1.82, 2.24) is 20.2 Å². The van der Waals surface area contributed by atoms with E-state index in [0.29, 0.717) is 22.4 Å². The highest BCUT2D eigenvalue weighted by Gasteiger charge is 2.15. The van der Waals surface area contributed by atoms with Crippen LogP contribution in [0.4, 0.5) is 5.69 Å². The summed E-state index contributed by atoms with van der Waals surface area (Å²) in [6.45, 7) is 4.28. The van der Waals surface area contributed by atoms with Crippen LogP contribution in [0.5, 0.6) is 0 Å². The van der Waals surface area contributed by atoms with Gasteiger partial charge in [0.25, 0.3) is 5.69 Å². The zero-order valence-corrected chi connectivity index (χ0v) is 14.7. The molecule has 7 nitrogen and oxygen atoms in total. The van der Waals surface area contributed by atoms with Crippen LogP contribution in [0.15, 0.2) is 53.7 Å². The quantitative estimate of drug-likeness (QED) is 0.377. The van der Waals surface area contributed by atoms with Gasteiger partial charge in [-0.1, -0.05) is 55.9 Å². The van der Waals surface area contributed by atoms with Gasteiger partial charge < -0.3 is 0 Å². The van der Waals surface area contributed by atoms with Crippen LogP contribution >= 0.6 is 11.8 Å². The summed E-state index contributed by atoms with van der Waals surface area (Å²) in [7, 11) is 0. The van der Waals surface area contributed by atoms with Crippen molar-refractivity contribution in [3.8, 4) is 5.69 Å². The van der Waals surface area contributed by atoms with Crippen molar-refractivity contribution in [2.75, 3.05) is 0 Å². The Morgan fingerprint density at radius 2 is 1.88 bits per heavy atom. The minimum Gasteiger partial charge on any atom is -0.258 e. The van der Waals surface area contributed by atoms with E-state index >= 15 is 0 Å². The zero-order valence-electron chi connectivity index (χ0n) is 13.9. The fraction of sp³-hybridized carbons (Fsp3) is 0.235. The van der Waals surface area contributed by atoms with Crippen molar-refractivity contribution >= 4 is 17.4 Å². The molecule has 0 unspecified atom stereocenters. The molecular formula is C17H17N5O2S. The summed E-state index contributed by atoms with van der Waals surface area (Å²) in [5, 5.41) is 23.5. The van der Waals surface area contributed by atoms with E-state index in [1.807, 2.05) is 12.1 Å². The van der Waals surface area contributed by atoms with Crippen LogP contribution in [0.1, 0.15) is 30.9 Å². The van der Waals surface area contributed by atoms with E-state index in [9.17, 15) is 10.1 Å². The molecule has 0 aliphatic rings. The lowest BCUT2D eigenvalue weighted by atomic mass is 10.0. The van der Waals surface area contributed by atoms with Crippen molar-refractivity contribution in [2.24, 2.45) is 0 Å². The van der Waals surface area contributed by atoms with Gasteiger partial charge in [-0.3, -0.25) is 10.1 Å². The lowest BCUT2D eigenvalue weighted by Crippen LogP contribution is -2.00. The molecule has 0 fully saturated rings. The molecule has 0 atom stereocenters. The first-order chi connectivity index (χ1) is 12.1. The van der Waals surface area contributed by atoms with Gasteiger partial charge in [-0.2, -0.15) is 4.68 Å². The van der Waals surface area contributed by atoms with Crippen molar-refractivity contribution in [3.63, 3.8) is 0 Å². The molecule has 1 heterocycles. The maximum atomic E-state index is 11.1. The second-order valence-corrected chi connectivity index (χ2v) is 6.74. The molecular weight excluding hydrogens is 338 g/mol. The molecule has 128 valence electrons. The Labute approximate surface area is 149 Å². The maximum absolute atomic E-state index is 11.1. The van der Waals surface area contributed by atoms with Crippen LogP contribution in [0.2, 0.25) is 0 Å². The molecule has 0 aliphatic heterocycles. The van der Waals surface area contributed by atoms with Crippen molar-refractivity contribution < 1.29 is 4.92 Å². The number of aromatic nitrogens is 4. The SMILES string of the molecule is CC(C)c1ccc(-n2nnnc2SCc2ccccc2[N+](=O)[O-])cc1. The minimum atomic E-state index is -0.372. The largest absolute Gasteiger partial charge is 0.273 e. The van der Waals surface area contributed by atoms with Crippen LogP contribution in [0, 0.1) is 10.1 Å². The van der Waals surface area contributed by atoms with E-state index in [1.54, 1.807) is 22.9 Å². The molecule has 3 rings (SSSR count). The Morgan fingerprint density at radius 1 is 1.16 bits per heavy atom. The number of benzene rings is 2. The van der Waals surface area contributed by atoms with Crippen molar-refractivity contribution in [3.05, 3.63) is 69.8 Å². The van der Waals surface area contributed by atoms with Crippen LogP contribution in [-0.2, 0) is 5.75 Å². The predicted octanol–water partition coefficient (Wildman–Crippen LogP) is 3.99. The molecule has 0 saturated carbocycles. The minimum absolute atomic E-state index is 0.107. The molecule has 0 amide bonds. The summed E-state index contributed by atoms with van der Waals surface area (Å²) in [6, 6.07) is 14.8. The highest BCUT2D eigenvalue weighted by atomic mass is 32.2. The molecule has 1 aromatic heterocycles. The van der Waals surface area contributed by atoms with Gasteiger partial charge in [-0.25, -0.2) is 0 Å². The summed E-state index contributed by atoms with van der Waals surface area (Å²) >= 11 is 1.37. The number of hydrogen-bond acceptors (Lipinski definition) is 6. The van der Waals surface area contributed by atoms with E-state index in [1.165, 1.54) is 23.4 Å². The fourth-order valence-corrected chi connectivity index (χ4v) is 3.27. The lowest BCUT2D eigenvalue weighted by Gasteiger charge is -2.08. The number of para-hydroxylation sites is 1. The van der Waals surface area contributed by atoms with Gasteiger partial charge in [0.05, 0.1) is 10.6 Å². The molecule has 0 spiro atoms. The number of tetrazole rings is 1. The van der Waals surface area contributed by atoms with Gasteiger partial charge in [0, 0.05) is 17.4 Å². The van der Waals surface area contributed by atoms with E-state index < -0.39 is 0 Å². The van der Waals surface area contributed by atoms with Gasteiger partial charge >= 0.3 is 0 Å². The van der Waals surface area contributed by atoms with Gasteiger partial charge in [-0.05, 0) is 34.0 Å². The molecule has 2 aromatic carbocycles. The Bertz CT molecular complexity index is 877. The van der Waals surface area contributed by atoms with E-state index in [0.717, 1.165) is 5.69 Å². The highest BCUT2D eigenvalue weighted by Crippen LogP contribution is 2.27. The monoisotopic (exact) mass is 355 g/mol. The number of nitrogens with zero attached hydrogens (tertiary/aromatic N) is 5. The van der Waals surface area contributed by atoms with Gasteiger partial charge in [0.15, 0.2) is 0 Å². The second kappa shape index (κ2) is 7.43. The molecule has 0 saturated heterocycles. The average molecular weight is 355 g/mol. The predicted molar refractivity (Wildman–Crippen MR) is 95.9 cm³/mol. The summed E-state index contributed by atoms with van der Waals surface area (Å²) in [5.74, 6) is 0.872. The first-order valence-electron chi connectivity index (χ1n) is 7.80. The fourth-order valence-electron chi connectivity index (χ4n) is 2.38.